The highest BCUT2D eigenvalue weighted by atomic mass is 32.1. The smallest absolute Gasteiger partial charge is 0.261 e. The van der Waals surface area contributed by atoms with E-state index in [0.717, 1.165) is 16.0 Å². The molecule has 0 bridgehead atoms. The summed E-state index contributed by atoms with van der Waals surface area (Å²) in [5.41, 5.74) is 3.36. The molecular formula is C19H17N3O2S. The van der Waals surface area contributed by atoms with Crippen LogP contribution in [0, 0.1) is 25.2 Å². The normalized spacial score (nSPS) is 10.5. The van der Waals surface area contributed by atoms with Crippen LogP contribution in [0.4, 0.5) is 5.00 Å². The molecule has 6 heteroatoms. The van der Waals surface area contributed by atoms with Crippen LogP contribution in [0.5, 0.6) is 0 Å². The van der Waals surface area contributed by atoms with Gasteiger partial charge in [0.2, 0.25) is 0 Å². The van der Waals surface area contributed by atoms with Gasteiger partial charge in [-0.3, -0.25) is 4.79 Å². The molecule has 0 aliphatic heterocycles. The van der Waals surface area contributed by atoms with E-state index < -0.39 is 0 Å². The lowest BCUT2D eigenvalue weighted by Crippen LogP contribution is -2.14. The van der Waals surface area contributed by atoms with Gasteiger partial charge in [-0.15, -0.1) is 11.3 Å². The van der Waals surface area contributed by atoms with Crippen molar-refractivity contribution in [3.63, 3.8) is 0 Å². The van der Waals surface area contributed by atoms with Gasteiger partial charge in [0.25, 0.3) is 5.91 Å². The molecular weight excluding hydrogens is 334 g/mol. The monoisotopic (exact) mass is 351 g/mol. The van der Waals surface area contributed by atoms with Gasteiger partial charge in [0.05, 0.1) is 11.3 Å². The summed E-state index contributed by atoms with van der Waals surface area (Å²) in [6.07, 6.45) is 0.601. The molecule has 3 aromatic rings. The molecule has 2 heterocycles. The van der Waals surface area contributed by atoms with Crippen molar-refractivity contribution >= 4 is 22.2 Å². The number of rotatable bonds is 4. The number of carbonyl (C=O) groups is 1. The summed E-state index contributed by atoms with van der Waals surface area (Å²) in [4.78, 5) is 13.7. The second-order valence-corrected chi connectivity index (χ2v) is 6.81. The molecule has 0 fully saturated rings. The van der Waals surface area contributed by atoms with E-state index in [1.165, 1.54) is 11.3 Å². The van der Waals surface area contributed by atoms with Crippen molar-refractivity contribution in [2.75, 3.05) is 5.32 Å². The fraction of sp³-hybridized carbons (Fsp3) is 0.211. The van der Waals surface area contributed by atoms with Crippen molar-refractivity contribution in [3.8, 4) is 17.2 Å². The van der Waals surface area contributed by atoms with Crippen molar-refractivity contribution in [2.24, 2.45) is 0 Å². The van der Waals surface area contributed by atoms with Crippen LogP contribution >= 0.6 is 11.3 Å². The van der Waals surface area contributed by atoms with E-state index >= 15 is 0 Å². The van der Waals surface area contributed by atoms with Crippen LogP contribution in [0.2, 0.25) is 0 Å². The number of thiophene rings is 1. The minimum Gasteiger partial charge on any atom is -0.361 e. The van der Waals surface area contributed by atoms with Crippen molar-refractivity contribution in [3.05, 3.63) is 57.8 Å². The van der Waals surface area contributed by atoms with E-state index in [-0.39, 0.29) is 5.91 Å². The lowest BCUT2D eigenvalue weighted by molar-refractivity contribution is 0.102. The lowest BCUT2D eigenvalue weighted by atomic mass is 10.0. The summed E-state index contributed by atoms with van der Waals surface area (Å²) in [6, 6.07) is 11.9. The average Bonchev–Trinajstić information content (AvgIpc) is 3.14. The maximum atomic E-state index is 12.7. The van der Waals surface area contributed by atoms with Crippen LogP contribution in [0.15, 0.2) is 34.9 Å². The fourth-order valence-corrected chi connectivity index (χ4v) is 3.83. The summed E-state index contributed by atoms with van der Waals surface area (Å²) in [5, 5.41) is 17.0. The van der Waals surface area contributed by atoms with Crippen LogP contribution in [0.1, 0.15) is 39.2 Å². The van der Waals surface area contributed by atoms with Gasteiger partial charge in [-0.1, -0.05) is 42.4 Å². The van der Waals surface area contributed by atoms with Gasteiger partial charge >= 0.3 is 0 Å². The van der Waals surface area contributed by atoms with E-state index in [1.807, 2.05) is 44.2 Å². The first-order valence-electron chi connectivity index (χ1n) is 7.92. The van der Waals surface area contributed by atoms with Crippen molar-refractivity contribution in [1.29, 1.82) is 5.26 Å². The Kier molecular flexibility index (Phi) is 4.68. The number of benzene rings is 1. The summed E-state index contributed by atoms with van der Waals surface area (Å²) in [5.74, 6) is 0.178. The third-order valence-corrected chi connectivity index (χ3v) is 5.00. The molecule has 3 rings (SSSR count). The molecule has 0 aliphatic carbocycles. The van der Waals surface area contributed by atoms with Crippen LogP contribution in [0.25, 0.3) is 11.1 Å². The topological polar surface area (TPSA) is 78.9 Å². The zero-order valence-corrected chi connectivity index (χ0v) is 15.0. The highest BCUT2D eigenvalue weighted by Crippen LogP contribution is 2.39. The number of nitriles is 1. The molecule has 0 saturated heterocycles. The Balaban J connectivity index is 2.01. The Bertz CT molecular complexity index is 965. The Labute approximate surface area is 149 Å². The molecule has 2 aromatic heterocycles. The minimum atomic E-state index is -0.298. The summed E-state index contributed by atoms with van der Waals surface area (Å²) in [7, 11) is 0. The second-order valence-electron chi connectivity index (χ2n) is 5.58. The number of aryl methyl sites for hydroxylation is 3. The van der Waals surface area contributed by atoms with Gasteiger partial charge in [-0.2, -0.15) is 5.26 Å². The minimum absolute atomic E-state index is 0.298. The molecule has 0 saturated carbocycles. The van der Waals surface area contributed by atoms with E-state index in [2.05, 4.69) is 16.5 Å². The molecule has 25 heavy (non-hydrogen) atoms. The molecule has 0 atom stereocenters. The molecule has 0 aliphatic rings. The van der Waals surface area contributed by atoms with E-state index in [0.29, 0.717) is 34.0 Å². The molecule has 0 unspecified atom stereocenters. The SMILES string of the molecule is CCc1noc(C)c1C(=O)Nc1sc(C)c(-c2ccccc2)c1C#N. The number of anilines is 1. The zero-order chi connectivity index (χ0) is 18.0. The van der Waals surface area contributed by atoms with Crippen molar-refractivity contribution in [1.82, 2.24) is 5.16 Å². The predicted octanol–water partition coefficient (Wildman–Crippen LogP) is 4.71. The largest absolute Gasteiger partial charge is 0.361 e. The first-order valence-corrected chi connectivity index (χ1v) is 8.73. The van der Waals surface area contributed by atoms with E-state index in [1.54, 1.807) is 6.92 Å². The molecule has 1 amide bonds. The van der Waals surface area contributed by atoms with Gasteiger partial charge in [0.15, 0.2) is 0 Å². The maximum Gasteiger partial charge on any atom is 0.261 e. The number of nitrogens with one attached hydrogen (secondary N) is 1. The first-order chi connectivity index (χ1) is 12.1. The zero-order valence-electron chi connectivity index (χ0n) is 14.2. The Morgan fingerprint density at radius 2 is 2.04 bits per heavy atom. The van der Waals surface area contributed by atoms with Gasteiger partial charge in [0.1, 0.15) is 22.4 Å². The van der Waals surface area contributed by atoms with Crippen molar-refractivity contribution < 1.29 is 9.32 Å². The Hall–Kier alpha value is -2.91. The highest BCUT2D eigenvalue weighted by Gasteiger charge is 2.23. The van der Waals surface area contributed by atoms with E-state index in [9.17, 15) is 10.1 Å². The summed E-state index contributed by atoms with van der Waals surface area (Å²) < 4.78 is 5.13. The number of hydrogen-bond donors (Lipinski definition) is 1. The third-order valence-electron chi connectivity index (χ3n) is 3.98. The highest BCUT2D eigenvalue weighted by molar-refractivity contribution is 7.17. The maximum absolute atomic E-state index is 12.7. The number of carbonyl (C=O) groups excluding carboxylic acids is 1. The molecule has 1 N–H and O–H groups in total. The lowest BCUT2D eigenvalue weighted by Gasteiger charge is -2.04. The number of hydrogen-bond acceptors (Lipinski definition) is 5. The number of aromatic nitrogens is 1. The summed E-state index contributed by atoms with van der Waals surface area (Å²) >= 11 is 1.40. The molecule has 0 radical (unpaired) electrons. The second kappa shape index (κ2) is 6.91. The van der Waals surface area contributed by atoms with Gasteiger partial charge < -0.3 is 9.84 Å². The third kappa shape index (κ3) is 3.06. The fourth-order valence-electron chi connectivity index (χ4n) is 2.81. The number of nitrogens with zero attached hydrogens (tertiary/aromatic N) is 2. The Morgan fingerprint density at radius 3 is 2.68 bits per heavy atom. The molecule has 5 nitrogen and oxygen atoms in total. The standard InChI is InChI=1S/C19H17N3O2S/c1-4-15-16(11(2)24-22-15)18(23)21-19-14(10-20)17(12(3)25-19)13-8-6-5-7-9-13/h5-9H,4H2,1-3H3,(H,21,23). The first kappa shape index (κ1) is 16.9. The van der Waals surface area contributed by atoms with Crippen LogP contribution in [-0.2, 0) is 6.42 Å². The molecule has 126 valence electrons. The van der Waals surface area contributed by atoms with Gasteiger partial charge in [-0.05, 0) is 25.8 Å². The van der Waals surface area contributed by atoms with E-state index in [4.69, 9.17) is 4.52 Å². The van der Waals surface area contributed by atoms with Crippen LogP contribution in [-0.4, -0.2) is 11.1 Å². The van der Waals surface area contributed by atoms with Crippen molar-refractivity contribution in [2.45, 2.75) is 27.2 Å². The molecule has 1 aromatic carbocycles. The summed E-state index contributed by atoms with van der Waals surface area (Å²) in [6.45, 7) is 5.57. The predicted molar refractivity (Wildman–Crippen MR) is 97.8 cm³/mol. The molecule has 0 spiro atoms. The quantitative estimate of drug-likeness (QED) is 0.738. The van der Waals surface area contributed by atoms with Gasteiger partial charge in [-0.25, -0.2) is 0 Å². The Morgan fingerprint density at radius 1 is 1.32 bits per heavy atom. The number of amides is 1. The average molecular weight is 351 g/mol. The van der Waals surface area contributed by atoms with Gasteiger partial charge in [0, 0.05) is 10.4 Å². The van der Waals surface area contributed by atoms with Crippen LogP contribution in [0.3, 0.4) is 0 Å². The van der Waals surface area contributed by atoms with Crippen LogP contribution < -0.4 is 5.32 Å².